The zero-order valence-corrected chi connectivity index (χ0v) is 14.9. The first-order valence-electron chi connectivity index (χ1n) is 8.53. The SMILES string of the molecule is CCNC(=O)COc1ccc(C=C2Cc3ccccc3C2=O)cc1OC. The summed E-state index contributed by atoms with van der Waals surface area (Å²) in [6.07, 6.45) is 2.51. The molecule has 0 atom stereocenters. The highest BCUT2D eigenvalue weighted by atomic mass is 16.5. The minimum Gasteiger partial charge on any atom is -0.493 e. The number of hydrogen-bond donors (Lipinski definition) is 1. The Morgan fingerprint density at radius 2 is 2.00 bits per heavy atom. The monoisotopic (exact) mass is 351 g/mol. The molecule has 1 aliphatic rings. The third-order valence-corrected chi connectivity index (χ3v) is 4.20. The maximum atomic E-state index is 12.5. The summed E-state index contributed by atoms with van der Waals surface area (Å²) >= 11 is 0. The number of rotatable bonds is 6. The Bertz CT molecular complexity index is 870. The molecule has 1 amide bonds. The van der Waals surface area contributed by atoms with Crippen molar-refractivity contribution in [2.45, 2.75) is 13.3 Å². The predicted molar refractivity (Wildman–Crippen MR) is 99.6 cm³/mol. The minimum atomic E-state index is -0.185. The summed E-state index contributed by atoms with van der Waals surface area (Å²) in [6.45, 7) is 2.34. The second-order valence-electron chi connectivity index (χ2n) is 5.99. The number of fused-ring (bicyclic) bond motifs is 1. The van der Waals surface area contributed by atoms with Crippen LogP contribution in [0.1, 0.15) is 28.4 Å². The van der Waals surface area contributed by atoms with E-state index in [4.69, 9.17) is 9.47 Å². The summed E-state index contributed by atoms with van der Waals surface area (Å²) in [4.78, 5) is 24.0. The zero-order chi connectivity index (χ0) is 18.5. The number of likely N-dealkylation sites (N-methyl/N-ethyl adjacent to an activating group) is 1. The fourth-order valence-electron chi connectivity index (χ4n) is 2.96. The van der Waals surface area contributed by atoms with E-state index in [-0.39, 0.29) is 18.3 Å². The maximum absolute atomic E-state index is 12.5. The molecule has 1 N–H and O–H groups in total. The Morgan fingerprint density at radius 3 is 2.73 bits per heavy atom. The first-order chi connectivity index (χ1) is 12.6. The van der Waals surface area contributed by atoms with Crippen molar-refractivity contribution in [3.63, 3.8) is 0 Å². The number of methoxy groups -OCH3 is 1. The molecule has 0 radical (unpaired) electrons. The maximum Gasteiger partial charge on any atom is 0.257 e. The van der Waals surface area contributed by atoms with E-state index in [1.165, 1.54) is 0 Å². The minimum absolute atomic E-state index is 0.0659. The number of Topliss-reactive ketones (excluding diaryl/α,β-unsaturated/α-hetero) is 1. The van der Waals surface area contributed by atoms with E-state index in [2.05, 4.69) is 5.32 Å². The standard InChI is InChI=1S/C21H21NO4/c1-3-22-20(23)13-26-18-9-8-14(11-19(18)25-2)10-16-12-15-6-4-5-7-17(15)21(16)24/h4-11H,3,12-13H2,1-2H3,(H,22,23). The fourth-order valence-corrected chi connectivity index (χ4v) is 2.96. The van der Waals surface area contributed by atoms with Crippen molar-refractivity contribution in [1.82, 2.24) is 5.32 Å². The van der Waals surface area contributed by atoms with Gasteiger partial charge in [-0.1, -0.05) is 30.3 Å². The lowest BCUT2D eigenvalue weighted by Gasteiger charge is -2.11. The highest BCUT2D eigenvalue weighted by Crippen LogP contribution is 2.31. The molecule has 0 aromatic heterocycles. The second kappa shape index (κ2) is 7.87. The molecule has 2 aromatic carbocycles. The van der Waals surface area contributed by atoms with Gasteiger partial charge in [0.15, 0.2) is 23.9 Å². The Labute approximate surface area is 152 Å². The lowest BCUT2D eigenvalue weighted by Crippen LogP contribution is -2.28. The van der Waals surface area contributed by atoms with Gasteiger partial charge in [-0.05, 0) is 36.3 Å². The van der Waals surface area contributed by atoms with Gasteiger partial charge in [0.2, 0.25) is 0 Å². The second-order valence-corrected chi connectivity index (χ2v) is 5.99. The summed E-state index contributed by atoms with van der Waals surface area (Å²) in [5, 5.41) is 2.67. The van der Waals surface area contributed by atoms with Gasteiger partial charge < -0.3 is 14.8 Å². The molecule has 26 heavy (non-hydrogen) atoms. The first-order valence-corrected chi connectivity index (χ1v) is 8.53. The van der Waals surface area contributed by atoms with Crippen LogP contribution < -0.4 is 14.8 Å². The summed E-state index contributed by atoms with van der Waals surface area (Å²) in [5.74, 6) is 0.889. The average Bonchev–Trinajstić information content (AvgIpc) is 2.96. The van der Waals surface area contributed by atoms with Crippen molar-refractivity contribution in [2.24, 2.45) is 0 Å². The van der Waals surface area contributed by atoms with Crippen LogP contribution in [0.2, 0.25) is 0 Å². The highest BCUT2D eigenvalue weighted by Gasteiger charge is 2.24. The largest absolute Gasteiger partial charge is 0.493 e. The van der Waals surface area contributed by atoms with Crippen molar-refractivity contribution in [3.05, 3.63) is 64.7 Å². The lowest BCUT2D eigenvalue weighted by atomic mass is 10.1. The highest BCUT2D eigenvalue weighted by molar-refractivity contribution is 6.15. The van der Waals surface area contributed by atoms with Crippen LogP contribution in [0.4, 0.5) is 0 Å². The molecule has 0 saturated heterocycles. The molecule has 2 aromatic rings. The van der Waals surface area contributed by atoms with E-state index in [0.29, 0.717) is 24.5 Å². The number of benzene rings is 2. The smallest absolute Gasteiger partial charge is 0.257 e. The Balaban J connectivity index is 1.78. The van der Waals surface area contributed by atoms with Crippen LogP contribution in [0.25, 0.3) is 6.08 Å². The number of hydrogen-bond acceptors (Lipinski definition) is 4. The van der Waals surface area contributed by atoms with E-state index in [1.807, 2.05) is 43.3 Å². The van der Waals surface area contributed by atoms with E-state index in [1.54, 1.807) is 19.2 Å². The Kier molecular flexibility index (Phi) is 5.37. The van der Waals surface area contributed by atoms with Crippen LogP contribution in [0, 0.1) is 0 Å². The van der Waals surface area contributed by atoms with E-state index in [0.717, 1.165) is 22.3 Å². The van der Waals surface area contributed by atoms with E-state index >= 15 is 0 Å². The summed E-state index contributed by atoms with van der Waals surface area (Å²) in [7, 11) is 1.54. The molecule has 0 saturated carbocycles. The van der Waals surface area contributed by atoms with Crippen LogP contribution in [0.3, 0.4) is 0 Å². The molecule has 0 fully saturated rings. The van der Waals surface area contributed by atoms with Gasteiger partial charge in [-0.3, -0.25) is 9.59 Å². The third-order valence-electron chi connectivity index (χ3n) is 4.20. The number of carbonyl (C=O) groups is 2. The Hall–Kier alpha value is -3.08. The van der Waals surface area contributed by atoms with Gasteiger partial charge in [-0.2, -0.15) is 0 Å². The van der Waals surface area contributed by atoms with Gasteiger partial charge in [-0.15, -0.1) is 0 Å². The normalized spacial score (nSPS) is 14.2. The van der Waals surface area contributed by atoms with Crippen LogP contribution in [0.5, 0.6) is 11.5 Å². The number of allylic oxidation sites excluding steroid dienone is 1. The number of ketones is 1. The van der Waals surface area contributed by atoms with Gasteiger partial charge >= 0.3 is 0 Å². The van der Waals surface area contributed by atoms with Gasteiger partial charge in [0, 0.05) is 24.1 Å². The summed E-state index contributed by atoms with van der Waals surface area (Å²) < 4.78 is 10.9. The van der Waals surface area contributed by atoms with E-state index < -0.39 is 0 Å². The number of nitrogens with one attached hydrogen (secondary N) is 1. The molecule has 5 heteroatoms. The fraction of sp³-hybridized carbons (Fsp3) is 0.238. The van der Waals surface area contributed by atoms with Crippen LogP contribution in [0.15, 0.2) is 48.0 Å². The first kappa shape index (κ1) is 17.7. The molecule has 134 valence electrons. The van der Waals surface area contributed by atoms with Gasteiger partial charge in [0.25, 0.3) is 5.91 Å². The molecule has 5 nitrogen and oxygen atoms in total. The molecular formula is C21H21NO4. The lowest BCUT2D eigenvalue weighted by molar-refractivity contribution is -0.123. The van der Waals surface area contributed by atoms with Crippen molar-refractivity contribution in [1.29, 1.82) is 0 Å². The van der Waals surface area contributed by atoms with Gasteiger partial charge in [0.1, 0.15) is 0 Å². The van der Waals surface area contributed by atoms with Crippen molar-refractivity contribution in [2.75, 3.05) is 20.3 Å². The van der Waals surface area contributed by atoms with Crippen molar-refractivity contribution in [3.8, 4) is 11.5 Å². The molecule has 0 bridgehead atoms. The third kappa shape index (κ3) is 3.77. The predicted octanol–water partition coefficient (Wildman–Crippen LogP) is 3.03. The molecular weight excluding hydrogens is 330 g/mol. The molecule has 0 unspecified atom stereocenters. The quantitative estimate of drug-likeness (QED) is 0.813. The van der Waals surface area contributed by atoms with E-state index in [9.17, 15) is 9.59 Å². The molecule has 0 spiro atoms. The number of amides is 1. The molecule has 3 rings (SSSR count). The van der Waals surface area contributed by atoms with Crippen molar-refractivity contribution >= 4 is 17.8 Å². The van der Waals surface area contributed by atoms with Crippen LogP contribution in [-0.2, 0) is 11.2 Å². The summed E-state index contributed by atoms with van der Waals surface area (Å²) in [5.41, 5.74) is 3.43. The number of carbonyl (C=O) groups excluding carboxylic acids is 2. The average molecular weight is 351 g/mol. The van der Waals surface area contributed by atoms with Crippen LogP contribution in [-0.4, -0.2) is 32.0 Å². The number of ether oxygens (including phenoxy) is 2. The zero-order valence-electron chi connectivity index (χ0n) is 14.9. The van der Waals surface area contributed by atoms with Gasteiger partial charge in [0.05, 0.1) is 7.11 Å². The Morgan fingerprint density at radius 1 is 1.19 bits per heavy atom. The topological polar surface area (TPSA) is 64.6 Å². The molecule has 1 aliphatic carbocycles. The van der Waals surface area contributed by atoms with Crippen LogP contribution >= 0.6 is 0 Å². The summed E-state index contributed by atoms with van der Waals surface area (Å²) in [6, 6.07) is 13.1. The van der Waals surface area contributed by atoms with Gasteiger partial charge in [-0.25, -0.2) is 0 Å². The molecule has 0 aliphatic heterocycles. The van der Waals surface area contributed by atoms with Crippen molar-refractivity contribution < 1.29 is 19.1 Å². The molecule has 0 heterocycles.